The zero-order valence-electron chi connectivity index (χ0n) is 9.82. The van der Waals surface area contributed by atoms with Gasteiger partial charge in [0.25, 0.3) is 0 Å². The molecule has 0 radical (unpaired) electrons. The van der Waals surface area contributed by atoms with Crippen molar-refractivity contribution in [1.82, 2.24) is 4.90 Å². The molecule has 86 valence electrons. The Labute approximate surface area is 90.9 Å². The smallest absolute Gasteiger partial charge is 0.325 e. The number of carbonyl (C=O) groups is 2. The first-order valence-corrected chi connectivity index (χ1v) is 5.11. The molecule has 0 fully saturated rings. The van der Waals surface area contributed by atoms with E-state index >= 15 is 0 Å². The van der Waals surface area contributed by atoms with Crippen molar-refractivity contribution in [3.05, 3.63) is 12.2 Å². The van der Waals surface area contributed by atoms with Gasteiger partial charge in [-0.05, 0) is 33.8 Å². The van der Waals surface area contributed by atoms with Crippen LogP contribution in [0.15, 0.2) is 12.2 Å². The fraction of sp³-hybridized carbons (Fsp3) is 0.636. The highest BCUT2D eigenvalue weighted by Crippen LogP contribution is 2.00. The lowest BCUT2D eigenvalue weighted by Gasteiger charge is -2.24. The van der Waals surface area contributed by atoms with E-state index in [1.807, 2.05) is 13.8 Å². The van der Waals surface area contributed by atoms with Gasteiger partial charge in [-0.25, -0.2) is 0 Å². The van der Waals surface area contributed by atoms with Crippen molar-refractivity contribution in [1.29, 1.82) is 0 Å². The number of hydrogen-bond acceptors (Lipinski definition) is 3. The van der Waals surface area contributed by atoms with Gasteiger partial charge in [0.1, 0.15) is 6.54 Å². The van der Waals surface area contributed by atoms with Gasteiger partial charge in [-0.2, -0.15) is 0 Å². The van der Waals surface area contributed by atoms with Gasteiger partial charge in [0.05, 0.1) is 6.61 Å². The van der Waals surface area contributed by atoms with Crippen LogP contribution >= 0.6 is 0 Å². The van der Waals surface area contributed by atoms with E-state index in [1.165, 1.54) is 11.0 Å². The molecule has 4 heteroatoms. The monoisotopic (exact) mass is 213 g/mol. The summed E-state index contributed by atoms with van der Waals surface area (Å²) >= 11 is 0. The predicted molar refractivity (Wildman–Crippen MR) is 58.3 cm³/mol. The number of ether oxygens (including phenoxy) is 1. The van der Waals surface area contributed by atoms with Crippen molar-refractivity contribution < 1.29 is 14.3 Å². The Hall–Kier alpha value is -1.32. The second-order valence-corrected chi connectivity index (χ2v) is 3.36. The normalized spacial score (nSPS) is 10.7. The number of esters is 1. The van der Waals surface area contributed by atoms with Crippen molar-refractivity contribution in [3.63, 3.8) is 0 Å². The number of carbonyl (C=O) groups excluding carboxylic acids is 2. The van der Waals surface area contributed by atoms with Gasteiger partial charge in [-0.1, -0.05) is 6.08 Å². The Morgan fingerprint density at radius 1 is 1.40 bits per heavy atom. The minimum Gasteiger partial charge on any atom is -0.465 e. The van der Waals surface area contributed by atoms with Crippen LogP contribution in [0, 0.1) is 0 Å². The summed E-state index contributed by atoms with van der Waals surface area (Å²) < 4.78 is 4.79. The summed E-state index contributed by atoms with van der Waals surface area (Å²) in [5.41, 5.74) is 0. The number of allylic oxidation sites excluding steroid dienone is 1. The molecule has 0 spiro atoms. The van der Waals surface area contributed by atoms with Crippen LogP contribution in [0.4, 0.5) is 0 Å². The van der Waals surface area contributed by atoms with Crippen LogP contribution in [0.5, 0.6) is 0 Å². The topological polar surface area (TPSA) is 46.6 Å². The third kappa shape index (κ3) is 5.20. The lowest BCUT2D eigenvalue weighted by atomic mass is 10.3. The molecule has 0 aliphatic carbocycles. The van der Waals surface area contributed by atoms with Crippen molar-refractivity contribution in [2.45, 2.75) is 33.7 Å². The van der Waals surface area contributed by atoms with E-state index in [4.69, 9.17) is 4.74 Å². The molecular weight excluding hydrogens is 194 g/mol. The van der Waals surface area contributed by atoms with Crippen LogP contribution in [-0.4, -0.2) is 36.0 Å². The van der Waals surface area contributed by atoms with Crippen LogP contribution < -0.4 is 0 Å². The average Bonchev–Trinajstić information content (AvgIpc) is 2.14. The summed E-state index contributed by atoms with van der Waals surface area (Å²) in [5.74, 6) is -0.537. The third-order valence-electron chi connectivity index (χ3n) is 1.82. The Kier molecular flexibility index (Phi) is 6.42. The molecule has 15 heavy (non-hydrogen) atoms. The first kappa shape index (κ1) is 13.7. The molecule has 0 atom stereocenters. The lowest BCUT2D eigenvalue weighted by Crippen LogP contribution is -2.40. The van der Waals surface area contributed by atoms with Crippen LogP contribution in [0.2, 0.25) is 0 Å². The summed E-state index contributed by atoms with van der Waals surface area (Å²) in [6, 6.07) is -0.0156. The van der Waals surface area contributed by atoms with Gasteiger partial charge in [0.2, 0.25) is 5.91 Å². The van der Waals surface area contributed by atoms with Gasteiger partial charge in [-0.3, -0.25) is 9.59 Å². The molecule has 4 nitrogen and oxygen atoms in total. The largest absolute Gasteiger partial charge is 0.465 e. The first-order chi connectivity index (χ1) is 7.02. The Morgan fingerprint density at radius 2 is 2.00 bits per heavy atom. The highest BCUT2D eigenvalue weighted by atomic mass is 16.5. The van der Waals surface area contributed by atoms with Crippen molar-refractivity contribution >= 4 is 11.9 Å². The van der Waals surface area contributed by atoms with Gasteiger partial charge >= 0.3 is 5.97 Å². The summed E-state index contributed by atoms with van der Waals surface area (Å²) in [6.07, 6.45) is 3.10. The van der Waals surface area contributed by atoms with Crippen LogP contribution in [-0.2, 0) is 14.3 Å². The van der Waals surface area contributed by atoms with Gasteiger partial charge in [0, 0.05) is 6.04 Å². The zero-order chi connectivity index (χ0) is 11.8. The maximum absolute atomic E-state index is 11.6. The standard InChI is InChI=1S/C11H19NO3/c1-5-7-10(13)12(9(3)4)8-11(14)15-6-2/h5,7,9H,6,8H2,1-4H3/b7-5+. The van der Waals surface area contributed by atoms with Crippen LogP contribution in [0.25, 0.3) is 0 Å². The van der Waals surface area contributed by atoms with Gasteiger partial charge in [0.15, 0.2) is 0 Å². The minimum atomic E-state index is -0.371. The summed E-state index contributed by atoms with van der Waals surface area (Å²) in [7, 11) is 0. The molecule has 0 aromatic heterocycles. The molecular formula is C11H19NO3. The molecule has 0 rings (SSSR count). The van der Waals surface area contributed by atoms with E-state index in [0.29, 0.717) is 6.61 Å². The highest BCUT2D eigenvalue weighted by molar-refractivity contribution is 5.90. The molecule has 0 aliphatic heterocycles. The van der Waals surface area contributed by atoms with Crippen molar-refractivity contribution in [3.8, 4) is 0 Å². The van der Waals surface area contributed by atoms with Crippen molar-refractivity contribution in [2.24, 2.45) is 0 Å². The molecule has 1 amide bonds. The predicted octanol–water partition coefficient (Wildman–Crippen LogP) is 1.36. The molecule has 0 unspecified atom stereocenters. The summed E-state index contributed by atoms with van der Waals surface area (Å²) in [6.45, 7) is 7.57. The Bertz CT molecular complexity index is 246. The number of amides is 1. The number of nitrogens with zero attached hydrogens (tertiary/aromatic N) is 1. The van der Waals surface area contributed by atoms with E-state index in [-0.39, 0.29) is 24.5 Å². The molecule has 0 bridgehead atoms. The number of hydrogen-bond donors (Lipinski definition) is 0. The second-order valence-electron chi connectivity index (χ2n) is 3.36. The molecule has 0 aromatic carbocycles. The zero-order valence-corrected chi connectivity index (χ0v) is 9.82. The van der Waals surface area contributed by atoms with Crippen LogP contribution in [0.3, 0.4) is 0 Å². The maximum atomic E-state index is 11.6. The molecule has 0 aromatic rings. The van der Waals surface area contributed by atoms with Gasteiger partial charge in [-0.15, -0.1) is 0 Å². The first-order valence-electron chi connectivity index (χ1n) is 5.11. The van der Waals surface area contributed by atoms with E-state index in [1.54, 1.807) is 19.9 Å². The van der Waals surface area contributed by atoms with Crippen LogP contribution in [0.1, 0.15) is 27.7 Å². The van der Waals surface area contributed by atoms with Gasteiger partial charge < -0.3 is 9.64 Å². The maximum Gasteiger partial charge on any atom is 0.325 e. The van der Waals surface area contributed by atoms with E-state index in [2.05, 4.69) is 0 Å². The Balaban J connectivity index is 4.41. The Morgan fingerprint density at radius 3 is 2.40 bits per heavy atom. The fourth-order valence-corrected chi connectivity index (χ4v) is 1.10. The van der Waals surface area contributed by atoms with E-state index in [9.17, 15) is 9.59 Å². The lowest BCUT2D eigenvalue weighted by molar-refractivity contribution is -0.148. The molecule has 0 saturated heterocycles. The number of rotatable bonds is 5. The molecule has 0 N–H and O–H groups in total. The van der Waals surface area contributed by atoms with E-state index < -0.39 is 0 Å². The summed E-state index contributed by atoms with van der Waals surface area (Å²) in [5, 5.41) is 0. The summed E-state index contributed by atoms with van der Waals surface area (Å²) in [4.78, 5) is 24.3. The molecule has 0 saturated carbocycles. The highest BCUT2D eigenvalue weighted by Gasteiger charge is 2.18. The quantitative estimate of drug-likeness (QED) is 0.511. The second kappa shape index (κ2) is 7.04. The van der Waals surface area contributed by atoms with E-state index in [0.717, 1.165) is 0 Å². The van der Waals surface area contributed by atoms with Crippen molar-refractivity contribution in [2.75, 3.05) is 13.2 Å². The minimum absolute atomic E-state index is 0.00861. The molecule has 0 aliphatic rings. The fourth-order valence-electron chi connectivity index (χ4n) is 1.10. The average molecular weight is 213 g/mol. The SMILES string of the molecule is C/C=C/C(=O)N(CC(=O)OCC)C(C)C. The molecule has 0 heterocycles. The third-order valence-corrected chi connectivity index (χ3v) is 1.82.